The predicted molar refractivity (Wildman–Crippen MR) is 65.5 cm³/mol. The molecule has 2 rings (SSSR count). The van der Waals surface area contributed by atoms with Crippen molar-refractivity contribution < 1.29 is 4.79 Å². The third kappa shape index (κ3) is 3.00. The van der Waals surface area contributed by atoms with E-state index in [2.05, 4.69) is 15.3 Å². The molecule has 1 aromatic rings. The molecule has 1 amide bonds. The normalized spacial score (nSPS) is 17.4. The van der Waals surface area contributed by atoms with Crippen molar-refractivity contribution >= 4 is 11.9 Å². The van der Waals surface area contributed by atoms with Crippen molar-refractivity contribution in [2.75, 3.05) is 5.32 Å². The van der Waals surface area contributed by atoms with Gasteiger partial charge in [0.1, 0.15) is 0 Å². The summed E-state index contributed by atoms with van der Waals surface area (Å²) in [6.07, 6.45) is 3.31. The lowest BCUT2D eigenvalue weighted by Crippen LogP contribution is -2.49. The zero-order valence-corrected chi connectivity index (χ0v) is 10.3. The number of amides is 1. The first-order valence-corrected chi connectivity index (χ1v) is 5.88. The van der Waals surface area contributed by atoms with Crippen LogP contribution in [-0.2, 0) is 4.79 Å². The number of anilines is 1. The molecule has 1 aromatic heterocycles. The lowest BCUT2D eigenvalue weighted by molar-refractivity contribution is -0.118. The third-order valence-corrected chi connectivity index (χ3v) is 3.10. The van der Waals surface area contributed by atoms with Crippen LogP contribution in [0.5, 0.6) is 0 Å². The lowest BCUT2D eigenvalue weighted by Gasteiger charge is -2.37. The Labute approximate surface area is 101 Å². The summed E-state index contributed by atoms with van der Waals surface area (Å²) in [6.45, 7) is 3.75. The molecule has 0 unspecified atom stereocenters. The molecule has 0 atom stereocenters. The summed E-state index contributed by atoms with van der Waals surface area (Å²) < 4.78 is 0. The Morgan fingerprint density at radius 3 is 2.47 bits per heavy atom. The van der Waals surface area contributed by atoms with E-state index >= 15 is 0 Å². The molecule has 0 radical (unpaired) electrons. The molecule has 0 spiro atoms. The highest BCUT2D eigenvalue weighted by Crippen LogP contribution is 2.32. The second kappa shape index (κ2) is 4.41. The van der Waals surface area contributed by atoms with E-state index in [9.17, 15) is 4.79 Å². The smallest absolute Gasteiger partial charge is 0.229 e. The molecule has 1 aliphatic carbocycles. The molecule has 0 bridgehead atoms. The number of carbonyl (C=O) groups excluding carboxylic acids is 1. The Balaban J connectivity index is 1.98. The van der Waals surface area contributed by atoms with E-state index in [1.165, 1.54) is 0 Å². The summed E-state index contributed by atoms with van der Waals surface area (Å²) in [6, 6.07) is 1.87. The van der Waals surface area contributed by atoms with Gasteiger partial charge in [0.15, 0.2) is 0 Å². The number of hydrogen-bond donors (Lipinski definition) is 2. The summed E-state index contributed by atoms with van der Waals surface area (Å²) in [7, 11) is 0. The van der Waals surface area contributed by atoms with Gasteiger partial charge in [-0.1, -0.05) is 0 Å². The van der Waals surface area contributed by atoms with Crippen LogP contribution in [0, 0.1) is 13.8 Å². The zero-order valence-electron chi connectivity index (χ0n) is 10.3. The largest absolute Gasteiger partial charge is 0.325 e. The van der Waals surface area contributed by atoms with Crippen LogP contribution >= 0.6 is 0 Å². The van der Waals surface area contributed by atoms with Gasteiger partial charge in [-0.3, -0.25) is 10.1 Å². The molecule has 17 heavy (non-hydrogen) atoms. The Kier molecular flexibility index (Phi) is 3.11. The van der Waals surface area contributed by atoms with E-state index in [0.29, 0.717) is 12.4 Å². The highest BCUT2D eigenvalue weighted by molar-refractivity contribution is 5.89. The quantitative estimate of drug-likeness (QED) is 0.826. The number of nitrogens with one attached hydrogen (secondary N) is 1. The number of nitrogens with zero attached hydrogens (tertiary/aromatic N) is 2. The number of aryl methyl sites for hydroxylation is 2. The molecular formula is C12H18N4O. The molecule has 1 saturated carbocycles. The second-order valence-corrected chi connectivity index (χ2v) is 4.92. The third-order valence-electron chi connectivity index (χ3n) is 3.10. The molecule has 1 heterocycles. The van der Waals surface area contributed by atoms with Crippen molar-refractivity contribution in [3.63, 3.8) is 0 Å². The van der Waals surface area contributed by atoms with Crippen molar-refractivity contribution in [1.82, 2.24) is 9.97 Å². The number of rotatable bonds is 3. The van der Waals surface area contributed by atoms with E-state index in [0.717, 1.165) is 30.7 Å². The lowest BCUT2D eigenvalue weighted by atomic mass is 9.75. The van der Waals surface area contributed by atoms with Gasteiger partial charge in [-0.05, 0) is 39.2 Å². The van der Waals surface area contributed by atoms with Crippen LogP contribution in [0.4, 0.5) is 5.95 Å². The molecule has 5 nitrogen and oxygen atoms in total. The van der Waals surface area contributed by atoms with Crippen molar-refractivity contribution in [2.45, 2.75) is 45.1 Å². The SMILES string of the molecule is Cc1cc(C)nc(NC(=O)CC2(N)CCC2)n1. The van der Waals surface area contributed by atoms with E-state index < -0.39 is 0 Å². The average molecular weight is 234 g/mol. The highest BCUT2D eigenvalue weighted by Gasteiger charge is 2.34. The summed E-state index contributed by atoms with van der Waals surface area (Å²) in [5.41, 5.74) is 7.41. The van der Waals surface area contributed by atoms with Gasteiger partial charge in [-0.15, -0.1) is 0 Å². The Hall–Kier alpha value is -1.49. The van der Waals surface area contributed by atoms with Crippen LogP contribution in [0.2, 0.25) is 0 Å². The summed E-state index contributed by atoms with van der Waals surface area (Å²) in [5.74, 6) is 0.271. The van der Waals surface area contributed by atoms with Gasteiger partial charge in [0.25, 0.3) is 0 Å². The number of nitrogens with two attached hydrogens (primary N) is 1. The van der Waals surface area contributed by atoms with Crippen LogP contribution in [0.3, 0.4) is 0 Å². The topological polar surface area (TPSA) is 80.9 Å². The minimum absolute atomic E-state index is 0.0998. The Morgan fingerprint density at radius 1 is 1.41 bits per heavy atom. The van der Waals surface area contributed by atoms with Gasteiger partial charge < -0.3 is 5.73 Å². The van der Waals surface area contributed by atoms with Gasteiger partial charge in [0.2, 0.25) is 11.9 Å². The van der Waals surface area contributed by atoms with Gasteiger partial charge in [0.05, 0.1) is 0 Å². The van der Waals surface area contributed by atoms with Crippen LogP contribution in [0.25, 0.3) is 0 Å². The molecule has 1 aliphatic rings. The van der Waals surface area contributed by atoms with Gasteiger partial charge in [0, 0.05) is 23.3 Å². The Bertz CT molecular complexity index is 420. The molecule has 0 aliphatic heterocycles. The predicted octanol–water partition coefficient (Wildman–Crippen LogP) is 1.30. The molecule has 0 saturated heterocycles. The zero-order chi connectivity index (χ0) is 12.5. The molecule has 3 N–H and O–H groups in total. The van der Waals surface area contributed by atoms with Crippen LogP contribution < -0.4 is 11.1 Å². The fourth-order valence-electron chi connectivity index (χ4n) is 2.08. The molecule has 0 aromatic carbocycles. The van der Waals surface area contributed by atoms with Crippen LogP contribution in [0.15, 0.2) is 6.07 Å². The number of hydrogen-bond acceptors (Lipinski definition) is 4. The monoisotopic (exact) mass is 234 g/mol. The van der Waals surface area contributed by atoms with Crippen molar-refractivity contribution in [3.8, 4) is 0 Å². The first-order chi connectivity index (χ1) is 7.97. The second-order valence-electron chi connectivity index (χ2n) is 4.92. The van der Waals surface area contributed by atoms with E-state index in [1.54, 1.807) is 0 Å². The average Bonchev–Trinajstić information content (AvgIpc) is 2.12. The van der Waals surface area contributed by atoms with E-state index in [1.807, 2.05) is 19.9 Å². The standard InChI is InChI=1S/C12H18N4O/c1-8-6-9(2)15-11(14-8)16-10(17)7-12(13)4-3-5-12/h6H,3-5,7,13H2,1-2H3,(H,14,15,16,17). The maximum atomic E-state index is 11.8. The van der Waals surface area contributed by atoms with Gasteiger partial charge in [-0.25, -0.2) is 9.97 Å². The van der Waals surface area contributed by atoms with E-state index in [4.69, 9.17) is 5.73 Å². The number of carbonyl (C=O) groups is 1. The van der Waals surface area contributed by atoms with Crippen LogP contribution in [-0.4, -0.2) is 21.4 Å². The molecule has 5 heteroatoms. The minimum Gasteiger partial charge on any atom is -0.325 e. The van der Waals surface area contributed by atoms with E-state index in [-0.39, 0.29) is 11.4 Å². The fraction of sp³-hybridized carbons (Fsp3) is 0.583. The summed E-state index contributed by atoms with van der Waals surface area (Å²) in [4.78, 5) is 20.1. The fourth-order valence-corrected chi connectivity index (χ4v) is 2.08. The van der Waals surface area contributed by atoms with Gasteiger partial charge >= 0.3 is 0 Å². The molecule has 1 fully saturated rings. The van der Waals surface area contributed by atoms with Gasteiger partial charge in [-0.2, -0.15) is 0 Å². The number of aromatic nitrogens is 2. The summed E-state index contributed by atoms with van der Waals surface area (Å²) in [5, 5.41) is 2.71. The maximum Gasteiger partial charge on any atom is 0.229 e. The Morgan fingerprint density at radius 2 is 2.00 bits per heavy atom. The summed E-state index contributed by atoms with van der Waals surface area (Å²) >= 11 is 0. The first-order valence-electron chi connectivity index (χ1n) is 5.88. The van der Waals surface area contributed by atoms with Crippen molar-refractivity contribution in [3.05, 3.63) is 17.5 Å². The van der Waals surface area contributed by atoms with Crippen molar-refractivity contribution in [2.24, 2.45) is 5.73 Å². The molecule has 92 valence electrons. The maximum absolute atomic E-state index is 11.8. The minimum atomic E-state index is -0.303. The highest BCUT2D eigenvalue weighted by atomic mass is 16.1. The van der Waals surface area contributed by atoms with Crippen LogP contribution in [0.1, 0.15) is 37.1 Å². The first kappa shape index (κ1) is 12.0. The van der Waals surface area contributed by atoms with Crippen molar-refractivity contribution in [1.29, 1.82) is 0 Å². The molecular weight excluding hydrogens is 216 g/mol.